The molecule has 0 aromatic heterocycles. The molecule has 2 fully saturated rings. The number of carbonyl (C=O) groups is 1. The number of carbonyl (C=O) groups excluding carboxylic acids is 1. The molecule has 1 heteroatoms. The minimum Gasteiger partial charge on any atom is -0.295 e. The second kappa shape index (κ2) is 1.77. The number of fused-ring (bicyclic) bond motifs is 1. The molecule has 2 aliphatic carbocycles. The average Bonchev–Trinajstić information content (AvgIpc) is 2.39. The van der Waals surface area contributed by atoms with Crippen LogP contribution in [0.4, 0.5) is 0 Å². The monoisotopic (exact) mass is 150 g/mol. The predicted molar refractivity (Wildman–Crippen MR) is 44.1 cm³/mol. The molecule has 0 radical (unpaired) electrons. The zero-order chi connectivity index (χ0) is 8.22. The fourth-order valence-electron chi connectivity index (χ4n) is 2.39. The van der Waals surface area contributed by atoms with Gasteiger partial charge in [-0.05, 0) is 29.2 Å². The lowest BCUT2D eigenvalue weighted by atomic mass is 9.95. The molecule has 2 atom stereocenters. The highest BCUT2D eigenvalue weighted by Gasteiger charge is 2.59. The standard InChI is InChI=1S/C10H14O/c1-6-4-7-8(5-9(6)11)10(7,2)3/h7-8H,1,4-5H2,2-3H3/t7-,8+/m1/s1. The average molecular weight is 150 g/mol. The van der Waals surface area contributed by atoms with E-state index in [1.807, 2.05) is 0 Å². The Morgan fingerprint density at radius 3 is 2.45 bits per heavy atom. The summed E-state index contributed by atoms with van der Waals surface area (Å²) in [5, 5.41) is 0. The second-order valence-corrected chi connectivity index (χ2v) is 4.47. The molecule has 2 aliphatic rings. The summed E-state index contributed by atoms with van der Waals surface area (Å²) < 4.78 is 0. The van der Waals surface area contributed by atoms with Crippen molar-refractivity contribution in [1.82, 2.24) is 0 Å². The molecule has 0 aromatic carbocycles. The summed E-state index contributed by atoms with van der Waals surface area (Å²) >= 11 is 0. The highest BCUT2D eigenvalue weighted by Crippen LogP contribution is 2.64. The third-order valence-electron chi connectivity index (χ3n) is 3.55. The van der Waals surface area contributed by atoms with Gasteiger partial charge < -0.3 is 0 Å². The molecule has 0 bridgehead atoms. The van der Waals surface area contributed by atoms with E-state index in [2.05, 4.69) is 20.4 Å². The molecule has 0 amide bonds. The smallest absolute Gasteiger partial charge is 0.158 e. The van der Waals surface area contributed by atoms with Gasteiger partial charge in [-0.1, -0.05) is 20.4 Å². The molecule has 11 heavy (non-hydrogen) atoms. The van der Waals surface area contributed by atoms with Gasteiger partial charge in [-0.15, -0.1) is 0 Å². The maximum Gasteiger partial charge on any atom is 0.158 e. The Hall–Kier alpha value is -0.590. The topological polar surface area (TPSA) is 17.1 Å². The minimum absolute atomic E-state index is 0.303. The Kier molecular flexibility index (Phi) is 1.14. The summed E-state index contributed by atoms with van der Waals surface area (Å²) in [6.07, 6.45) is 1.72. The van der Waals surface area contributed by atoms with Crippen molar-refractivity contribution in [2.45, 2.75) is 26.7 Å². The number of hydrogen-bond acceptors (Lipinski definition) is 1. The van der Waals surface area contributed by atoms with E-state index in [9.17, 15) is 4.79 Å². The first-order valence-corrected chi connectivity index (χ1v) is 4.24. The maximum absolute atomic E-state index is 11.2. The molecule has 0 aliphatic heterocycles. The summed E-state index contributed by atoms with van der Waals surface area (Å²) in [6.45, 7) is 8.30. The molecule has 0 saturated heterocycles. The summed E-state index contributed by atoms with van der Waals surface area (Å²) in [7, 11) is 0. The van der Waals surface area contributed by atoms with Crippen molar-refractivity contribution in [3.05, 3.63) is 12.2 Å². The molecule has 0 heterocycles. The van der Waals surface area contributed by atoms with Gasteiger partial charge in [-0.2, -0.15) is 0 Å². The largest absolute Gasteiger partial charge is 0.295 e. The first-order chi connectivity index (χ1) is 5.03. The fourth-order valence-corrected chi connectivity index (χ4v) is 2.39. The third-order valence-corrected chi connectivity index (χ3v) is 3.55. The van der Waals surface area contributed by atoms with E-state index in [0.29, 0.717) is 17.1 Å². The lowest BCUT2D eigenvalue weighted by molar-refractivity contribution is -0.116. The Bertz CT molecular complexity index is 213. The fraction of sp³-hybridized carbons (Fsp3) is 0.700. The Labute approximate surface area is 67.5 Å². The SMILES string of the molecule is C=C1C[C@@H]2[C@H](CC1=O)C2(C)C. The normalized spacial score (nSPS) is 40.2. The van der Waals surface area contributed by atoms with Gasteiger partial charge in [0, 0.05) is 6.42 Å². The number of rotatable bonds is 0. The number of allylic oxidation sites excluding steroid dienone is 1. The van der Waals surface area contributed by atoms with Crippen molar-refractivity contribution in [2.75, 3.05) is 0 Å². The van der Waals surface area contributed by atoms with Crippen LogP contribution in [-0.4, -0.2) is 5.78 Å². The van der Waals surface area contributed by atoms with Crippen LogP contribution in [0.5, 0.6) is 0 Å². The lowest BCUT2D eigenvalue weighted by Gasteiger charge is -2.08. The van der Waals surface area contributed by atoms with Crippen molar-refractivity contribution < 1.29 is 4.79 Å². The van der Waals surface area contributed by atoms with Crippen LogP contribution in [0, 0.1) is 17.3 Å². The molecular weight excluding hydrogens is 136 g/mol. The van der Waals surface area contributed by atoms with Crippen molar-refractivity contribution in [1.29, 1.82) is 0 Å². The Morgan fingerprint density at radius 1 is 1.36 bits per heavy atom. The van der Waals surface area contributed by atoms with E-state index >= 15 is 0 Å². The molecule has 0 aromatic rings. The van der Waals surface area contributed by atoms with Gasteiger partial charge in [0.1, 0.15) is 0 Å². The van der Waals surface area contributed by atoms with Crippen LogP contribution in [0.1, 0.15) is 26.7 Å². The zero-order valence-electron chi connectivity index (χ0n) is 7.18. The summed E-state index contributed by atoms with van der Waals surface area (Å²) in [6, 6.07) is 0. The van der Waals surface area contributed by atoms with Crippen molar-refractivity contribution in [2.24, 2.45) is 17.3 Å². The molecule has 0 N–H and O–H groups in total. The van der Waals surface area contributed by atoms with Crippen LogP contribution in [0.3, 0.4) is 0 Å². The van der Waals surface area contributed by atoms with Crippen molar-refractivity contribution >= 4 is 5.78 Å². The third kappa shape index (κ3) is 0.800. The van der Waals surface area contributed by atoms with Gasteiger partial charge in [0.15, 0.2) is 5.78 Å². The van der Waals surface area contributed by atoms with Crippen LogP contribution >= 0.6 is 0 Å². The molecular formula is C10H14O. The Morgan fingerprint density at radius 2 is 1.91 bits per heavy atom. The maximum atomic E-state index is 11.2. The van der Waals surface area contributed by atoms with Crippen LogP contribution in [0.15, 0.2) is 12.2 Å². The summed E-state index contributed by atoms with van der Waals surface area (Å²) in [5.41, 5.74) is 1.28. The van der Waals surface area contributed by atoms with E-state index < -0.39 is 0 Å². The van der Waals surface area contributed by atoms with E-state index in [1.54, 1.807) is 0 Å². The second-order valence-electron chi connectivity index (χ2n) is 4.47. The Balaban J connectivity index is 2.18. The van der Waals surface area contributed by atoms with Crippen LogP contribution in [0.25, 0.3) is 0 Å². The molecule has 2 rings (SSSR count). The van der Waals surface area contributed by atoms with Crippen LogP contribution in [0.2, 0.25) is 0 Å². The van der Waals surface area contributed by atoms with Crippen LogP contribution < -0.4 is 0 Å². The number of Topliss-reactive ketones (excluding diaryl/α,β-unsaturated/α-hetero) is 1. The highest BCUT2D eigenvalue weighted by molar-refractivity contribution is 5.96. The summed E-state index contributed by atoms with van der Waals surface area (Å²) in [5.74, 6) is 1.73. The quantitative estimate of drug-likeness (QED) is 0.484. The number of hydrogen-bond donors (Lipinski definition) is 0. The van der Waals surface area contributed by atoms with Gasteiger partial charge in [-0.25, -0.2) is 0 Å². The van der Waals surface area contributed by atoms with Crippen LogP contribution in [-0.2, 0) is 4.79 Å². The summed E-state index contributed by atoms with van der Waals surface area (Å²) in [4.78, 5) is 11.2. The first kappa shape index (κ1) is 7.08. The highest BCUT2D eigenvalue weighted by atomic mass is 16.1. The first-order valence-electron chi connectivity index (χ1n) is 4.24. The zero-order valence-corrected chi connectivity index (χ0v) is 7.18. The van der Waals surface area contributed by atoms with Gasteiger partial charge in [-0.3, -0.25) is 4.79 Å². The molecule has 2 saturated carbocycles. The van der Waals surface area contributed by atoms with E-state index in [4.69, 9.17) is 0 Å². The van der Waals surface area contributed by atoms with Gasteiger partial charge in [0.25, 0.3) is 0 Å². The van der Waals surface area contributed by atoms with Crippen molar-refractivity contribution in [3.8, 4) is 0 Å². The molecule has 60 valence electrons. The van der Waals surface area contributed by atoms with Crippen molar-refractivity contribution in [3.63, 3.8) is 0 Å². The molecule has 0 spiro atoms. The number of ketones is 1. The minimum atomic E-state index is 0.303. The molecule has 0 unspecified atom stereocenters. The lowest BCUT2D eigenvalue weighted by Crippen LogP contribution is -2.09. The predicted octanol–water partition coefficient (Wildman–Crippen LogP) is 2.18. The van der Waals surface area contributed by atoms with E-state index in [0.717, 1.165) is 24.3 Å². The van der Waals surface area contributed by atoms with E-state index in [1.165, 1.54) is 0 Å². The van der Waals surface area contributed by atoms with Gasteiger partial charge in [0.05, 0.1) is 0 Å². The molecule has 1 nitrogen and oxygen atoms in total. The van der Waals surface area contributed by atoms with Gasteiger partial charge in [0.2, 0.25) is 0 Å². The van der Waals surface area contributed by atoms with E-state index in [-0.39, 0.29) is 0 Å². The van der Waals surface area contributed by atoms with Gasteiger partial charge >= 0.3 is 0 Å².